The first-order chi connectivity index (χ1) is 8.98. The maximum absolute atomic E-state index is 12.7. The Morgan fingerprint density at radius 1 is 1.37 bits per heavy atom. The Hall–Kier alpha value is -1.51. The molecule has 0 saturated heterocycles. The molecule has 102 valence electrons. The summed E-state index contributed by atoms with van der Waals surface area (Å²) in [5.74, 6) is 1.77. The van der Waals surface area contributed by atoms with Crippen LogP contribution in [0.25, 0.3) is 0 Å². The third-order valence-corrected chi connectivity index (χ3v) is 4.07. The van der Waals surface area contributed by atoms with Gasteiger partial charge in [-0.15, -0.1) is 0 Å². The van der Waals surface area contributed by atoms with Gasteiger partial charge in [-0.1, -0.05) is 19.1 Å². The number of hydrogen-bond donors (Lipinski definition) is 0. The average molecular weight is 259 g/mol. The number of fused-ring (bicyclic) bond motifs is 1. The second-order valence-corrected chi connectivity index (χ2v) is 6.38. The molecule has 1 aromatic carbocycles. The molecule has 1 amide bonds. The summed E-state index contributed by atoms with van der Waals surface area (Å²) in [4.78, 5) is 14.6. The molecule has 1 unspecified atom stereocenters. The third-order valence-electron chi connectivity index (χ3n) is 4.07. The first-order valence-corrected chi connectivity index (χ1v) is 7.07. The molecule has 0 radical (unpaired) electrons. The van der Waals surface area contributed by atoms with Crippen molar-refractivity contribution in [2.75, 3.05) is 11.4 Å². The average Bonchev–Trinajstić information content (AvgIpc) is 3.19. The van der Waals surface area contributed by atoms with Crippen molar-refractivity contribution in [3.8, 4) is 5.75 Å². The van der Waals surface area contributed by atoms with Gasteiger partial charge in [-0.2, -0.15) is 0 Å². The molecule has 1 aliphatic carbocycles. The van der Waals surface area contributed by atoms with E-state index in [0.717, 1.165) is 11.4 Å². The summed E-state index contributed by atoms with van der Waals surface area (Å²) >= 11 is 0. The van der Waals surface area contributed by atoms with Crippen molar-refractivity contribution in [1.82, 2.24) is 0 Å². The lowest BCUT2D eigenvalue weighted by Crippen LogP contribution is -2.50. The number of nitrogens with zero attached hydrogens (tertiary/aromatic N) is 1. The van der Waals surface area contributed by atoms with Gasteiger partial charge in [0, 0.05) is 5.92 Å². The van der Waals surface area contributed by atoms with E-state index in [2.05, 4.69) is 6.92 Å². The Morgan fingerprint density at radius 2 is 2.05 bits per heavy atom. The lowest BCUT2D eigenvalue weighted by atomic mass is 10.00. The van der Waals surface area contributed by atoms with Gasteiger partial charge in [-0.3, -0.25) is 4.79 Å². The number of hydrogen-bond acceptors (Lipinski definition) is 2. The van der Waals surface area contributed by atoms with Crippen LogP contribution in [0.15, 0.2) is 24.3 Å². The molecule has 19 heavy (non-hydrogen) atoms. The lowest BCUT2D eigenvalue weighted by Gasteiger charge is -2.40. The summed E-state index contributed by atoms with van der Waals surface area (Å²) in [7, 11) is 0. The standard InChI is InChI=1S/C16H21NO2/c1-11(12-8-9-12)15(18)17-10-16(2,3)19-14-7-5-4-6-13(14)17/h4-7,11-12H,8-10H2,1-3H3. The second kappa shape index (κ2) is 4.26. The van der Waals surface area contributed by atoms with Crippen LogP contribution >= 0.6 is 0 Å². The van der Waals surface area contributed by atoms with Gasteiger partial charge in [0.2, 0.25) is 5.91 Å². The number of benzene rings is 1. The molecule has 0 aromatic heterocycles. The quantitative estimate of drug-likeness (QED) is 0.816. The minimum atomic E-state index is -0.326. The van der Waals surface area contributed by atoms with Crippen molar-refractivity contribution in [3.05, 3.63) is 24.3 Å². The van der Waals surface area contributed by atoms with Gasteiger partial charge < -0.3 is 9.64 Å². The molecule has 0 spiro atoms. The van der Waals surface area contributed by atoms with Crippen LogP contribution in [0.4, 0.5) is 5.69 Å². The van der Waals surface area contributed by atoms with Crippen LogP contribution in [0.5, 0.6) is 5.75 Å². The monoisotopic (exact) mass is 259 g/mol. The first-order valence-electron chi connectivity index (χ1n) is 7.07. The van der Waals surface area contributed by atoms with E-state index in [0.29, 0.717) is 12.5 Å². The molecule has 1 atom stereocenters. The number of amides is 1. The van der Waals surface area contributed by atoms with Crippen LogP contribution in [-0.2, 0) is 4.79 Å². The topological polar surface area (TPSA) is 29.5 Å². The molecule has 3 heteroatoms. The highest BCUT2D eigenvalue weighted by atomic mass is 16.5. The predicted octanol–water partition coefficient (Wildman–Crippen LogP) is 3.24. The van der Waals surface area contributed by atoms with E-state index in [1.54, 1.807) is 0 Å². The fraction of sp³-hybridized carbons (Fsp3) is 0.562. The molecule has 1 aromatic rings. The van der Waals surface area contributed by atoms with Crippen LogP contribution in [0.3, 0.4) is 0 Å². The Bertz CT molecular complexity index is 505. The van der Waals surface area contributed by atoms with Crippen LogP contribution in [0, 0.1) is 11.8 Å². The number of rotatable bonds is 2. The molecule has 2 aliphatic rings. The number of anilines is 1. The molecule has 3 nitrogen and oxygen atoms in total. The van der Waals surface area contributed by atoms with Gasteiger partial charge in [0.1, 0.15) is 11.4 Å². The lowest BCUT2D eigenvalue weighted by molar-refractivity contribution is -0.123. The Morgan fingerprint density at radius 3 is 2.74 bits per heavy atom. The van der Waals surface area contributed by atoms with Gasteiger partial charge in [0.25, 0.3) is 0 Å². The molecule has 1 saturated carbocycles. The van der Waals surface area contributed by atoms with Crippen molar-refractivity contribution in [3.63, 3.8) is 0 Å². The van der Waals surface area contributed by atoms with E-state index in [4.69, 9.17) is 4.74 Å². The second-order valence-electron chi connectivity index (χ2n) is 6.38. The van der Waals surface area contributed by atoms with Crippen molar-refractivity contribution >= 4 is 11.6 Å². The van der Waals surface area contributed by atoms with E-state index < -0.39 is 0 Å². The summed E-state index contributed by atoms with van der Waals surface area (Å²) in [5.41, 5.74) is 0.590. The van der Waals surface area contributed by atoms with E-state index in [-0.39, 0.29) is 17.4 Å². The smallest absolute Gasteiger partial charge is 0.230 e. The van der Waals surface area contributed by atoms with Crippen LogP contribution in [-0.4, -0.2) is 18.1 Å². The van der Waals surface area contributed by atoms with E-state index in [1.165, 1.54) is 12.8 Å². The zero-order chi connectivity index (χ0) is 13.6. The molecule has 1 aliphatic heterocycles. The zero-order valence-corrected chi connectivity index (χ0v) is 11.8. The van der Waals surface area contributed by atoms with Crippen molar-refractivity contribution < 1.29 is 9.53 Å². The molecule has 1 heterocycles. The molecule has 3 rings (SSSR count). The zero-order valence-electron chi connectivity index (χ0n) is 11.8. The van der Waals surface area contributed by atoms with E-state index >= 15 is 0 Å². The van der Waals surface area contributed by atoms with E-state index in [1.807, 2.05) is 43.0 Å². The van der Waals surface area contributed by atoms with E-state index in [9.17, 15) is 4.79 Å². The van der Waals surface area contributed by atoms with Crippen LogP contribution in [0.1, 0.15) is 33.6 Å². The largest absolute Gasteiger partial charge is 0.484 e. The van der Waals surface area contributed by atoms with Gasteiger partial charge in [0.05, 0.1) is 12.2 Å². The molecule has 1 fully saturated rings. The number of ether oxygens (including phenoxy) is 1. The third kappa shape index (κ3) is 2.34. The minimum absolute atomic E-state index is 0.127. The predicted molar refractivity (Wildman–Crippen MR) is 75.4 cm³/mol. The van der Waals surface area contributed by atoms with Crippen LogP contribution in [0.2, 0.25) is 0 Å². The molecule has 0 bridgehead atoms. The fourth-order valence-electron chi connectivity index (χ4n) is 2.80. The van der Waals surface area contributed by atoms with Crippen molar-refractivity contribution in [2.24, 2.45) is 11.8 Å². The normalized spacial score (nSPS) is 22.4. The van der Waals surface area contributed by atoms with Crippen LogP contribution < -0.4 is 9.64 Å². The van der Waals surface area contributed by atoms with Gasteiger partial charge >= 0.3 is 0 Å². The maximum Gasteiger partial charge on any atom is 0.230 e. The summed E-state index contributed by atoms with van der Waals surface area (Å²) in [6, 6.07) is 7.83. The highest BCUT2D eigenvalue weighted by Crippen LogP contribution is 2.41. The number of para-hydroxylation sites is 2. The molecular formula is C16H21NO2. The summed E-state index contributed by atoms with van der Waals surface area (Å²) in [6.07, 6.45) is 2.39. The fourth-order valence-corrected chi connectivity index (χ4v) is 2.80. The summed E-state index contributed by atoms with van der Waals surface area (Å²) in [5, 5.41) is 0. The van der Waals surface area contributed by atoms with Crippen molar-refractivity contribution in [1.29, 1.82) is 0 Å². The Balaban J connectivity index is 1.93. The van der Waals surface area contributed by atoms with Gasteiger partial charge in [-0.25, -0.2) is 0 Å². The highest BCUT2D eigenvalue weighted by molar-refractivity contribution is 5.97. The number of carbonyl (C=O) groups excluding carboxylic acids is 1. The Labute approximate surface area is 114 Å². The SMILES string of the molecule is CC(C(=O)N1CC(C)(C)Oc2ccccc21)C1CC1. The summed E-state index contributed by atoms with van der Waals surface area (Å²) in [6.45, 7) is 6.75. The Kier molecular flexibility index (Phi) is 2.80. The van der Waals surface area contributed by atoms with Crippen molar-refractivity contribution in [2.45, 2.75) is 39.2 Å². The summed E-state index contributed by atoms with van der Waals surface area (Å²) < 4.78 is 5.96. The van der Waals surface area contributed by atoms with Gasteiger partial charge in [0.15, 0.2) is 0 Å². The highest BCUT2D eigenvalue weighted by Gasteiger charge is 2.40. The minimum Gasteiger partial charge on any atom is -0.484 e. The molecule has 0 N–H and O–H groups in total. The van der Waals surface area contributed by atoms with Gasteiger partial charge in [-0.05, 0) is 44.7 Å². The maximum atomic E-state index is 12.7. The number of carbonyl (C=O) groups is 1. The molecular weight excluding hydrogens is 238 g/mol. The first kappa shape index (κ1) is 12.5.